The number of benzene rings is 2. The predicted molar refractivity (Wildman–Crippen MR) is 122 cm³/mol. The van der Waals surface area contributed by atoms with E-state index in [1.165, 1.54) is 11.8 Å². The summed E-state index contributed by atoms with van der Waals surface area (Å²) in [5.74, 6) is -0.00660. The fourth-order valence-electron chi connectivity index (χ4n) is 2.88. The Labute approximate surface area is 187 Å². The molecule has 1 atom stereocenters. The van der Waals surface area contributed by atoms with E-state index in [0.29, 0.717) is 16.5 Å². The smallest absolute Gasteiger partial charge is 0.243 e. The van der Waals surface area contributed by atoms with E-state index >= 15 is 0 Å². The highest BCUT2D eigenvalue weighted by molar-refractivity contribution is 8.00. The van der Waals surface area contributed by atoms with Gasteiger partial charge in [-0.05, 0) is 50.1 Å². The Morgan fingerprint density at radius 1 is 1.07 bits per heavy atom. The molecule has 0 aliphatic heterocycles. The Morgan fingerprint density at radius 2 is 1.76 bits per heavy atom. The van der Waals surface area contributed by atoms with E-state index in [9.17, 15) is 9.59 Å². The molecule has 0 fully saturated rings. The van der Waals surface area contributed by atoms with Crippen LogP contribution in [0.4, 0.5) is 0 Å². The third-order valence-corrected chi connectivity index (χ3v) is 6.00. The fraction of sp³-hybridized carbons (Fsp3) is 0.364. The zero-order valence-electron chi connectivity index (χ0n) is 16.8. The molecule has 2 amide bonds. The summed E-state index contributed by atoms with van der Waals surface area (Å²) >= 11 is 13.6. The Kier molecular flexibility index (Phi) is 9.34. The van der Waals surface area contributed by atoms with Crippen LogP contribution in [0.15, 0.2) is 53.4 Å². The minimum Gasteiger partial charge on any atom is -0.352 e. The predicted octanol–water partition coefficient (Wildman–Crippen LogP) is 5.42. The summed E-state index contributed by atoms with van der Waals surface area (Å²) in [7, 11) is 0. The van der Waals surface area contributed by atoms with Crippen molar-refractivity contribution in [2.24, 2.45) is 0 Å². The van der Waals surface area contributed by atoms with Crippen LogP contribution in [0, 0.1) is 0 Å². The van der Waals surface area contributed by atoms with Gasteiger partial charge in [-0.2, -0.15) is 0 Å². The van der Waals surface area contributed by atoms with E-state index < -0.39 is 6.04 Å². The monoisotopic (exact) mass is 452 g/mol. The minimum atomic E-state index is -0.560. The van der Waals surface area contributed by atoms with Crippen molar-refractivity contribution in [1.29, 1.82) is 0 Å². The first kappa shape index (κ1) is 23.6. The number of halogens is 2. The van der Waals surface area contributed by atoms with Gasteiger partial charge in [-0.25, -0.2) is 0 Å². The third kappa shape index (κ3) is 7.25. The van der Waals surface area contributed by atoms with Crippen molar-refractivity contribution in [3.8, 4) is 0 Å². The largest absolute Gasteiger partial charge is 0.352 e. The highest BCUT2D eigenvalue weighted by atomic mass is 35.5. The number of rotatable bonds is 9. The highest BCUT2D eigenvalue weighted by Crippen LogP contribution is 2.25. The molecule has 2 aromatic rings. The van der Waals surface area contributed by atoms with E-state index in [-0.39, 0.29) is 30.2 Å². The van der Waals surface area contributed by atoms with Crippen LogP contribution >= 0.6 is 35.0 Å². The maximum atomic E-state index is 13.1. The average molecular weight is 453 g/mol. The molecule has 0 saturated heterocycles. The van der Waals surface area contributed by atoms with Gasteiger partial charge in [0.2, 0.25) is 11.8 Å². The van der Waals surface area contributed by atoms with Gasteiger partial charge in [0.05, 0.1) is 15.8 Å². The van der Waals surface area contributed by atoms with Gasteiger partial charge in [0, 0.05) is 17.5 Å². The van der Waals surface area contributed by atoms with Crippen molar-refractivity contribution in [3.63, 3.8) is 0 Å². The summed E-state index contributed by atoms with van der Waals surface area (Å²) in [5.41, 5.74) is 0.827. The summed E-state index contributed by atoms with van der Waals surface area (Å²) in [6, 6.07) is 14.4. The standard InChI is InChI=1S/C22H26Cl2N2O2S/c1-4-20(22(28)25-15(2)3)26(13-16-10-11-18(23)19(24)12-16)21(27)14-29-17-8-6-5-7-9-17/h5-12,15,20H,4,13-14H2,1-3H3,(H,25,28)/t20-/m0/s1. The van der Waals surface area contributed by atoms with Crippen molar-refractivity contribution < 1.29 is 9.59 Å². The van der Waals surface area contributed by atoms with E-state index in [1.54, 1.807) is 17.0 Å². The van der Waals surface area contributed by atoms with Crippen LogP contribution in [0.3, 0.4) is 0 Å². The molecule has 0 radical (unpaired) electrons. The molecule has 7 heteroatoms. The molecular formula is C22H26Cl2N2O2S. The summed E-state index contributed by atoms with van der Waals surface area (Å²) in [6.07, 6.45) is 0.515. The van der Waals surface area contributed by atoms with Crippen molar-refractivity contribution in [2.45, 2.75) is 50.7 Å². The van der Waals surface area contributed by atoms with Gasteiger partial charge >= 0.3 is 0 Å². The second-order valence-corrected chi connectivity index (χ2v) is 8.82. The van der Waals surface area contributed by atoms with E-state index in [2.05, 4.69) is 5.32 Å². The van der Waals surface area contributed by atoms with Gasteiger partial charge in [-0.15, -0.1) is 11.8 Å². The number of nitrogens with zero attached hydrogens (tertiary/aromatic N) is 1. The zero-order valence-corrected chi connectivity index (χ0v) is 19.2. The lowest BCUT2D eigenvalue weighted by molar-refractivity contribution is -0.139. The number of hydrogen-bond acceptors (Lipinski definition) is 3. The maximum Gasteiger partial charge on any atom is 0.243 e. The van der Waals surface area contributed by atoms with Crippen molar-refractivity contribution in [2.75, 3.05) is 5.75 Å². The quantitative estimate of drug-likeness (QED) is 0.516. The van der Waals surface area contributed by atoms with Crippen LogP contribution in [0.1, 0.15) is 32.8 Å². The Balaban J connectivity index is 2.23. The van der Waals surface area contributed by atoms with Crippen LogP contribution in [0.5, 0.6) is 0 Å². The fourth-order valence-corrected chi connectivity index (χ4v) is 4.01. The molecule has 0 spiro atoms. The number of amides is 2. The maximum absolute atomic E-state index is 13.1. The second kappa shape index (κ2) is 11.5. The van der Waals surface area contributed by atoms with Gasteiger partial charge in [0.1, 0.15) is 6.04 Å². The molecule has 2 aromatic carbocycles. The van der Waals surface area contributed by atoms with E-state index in [1.807, 2.05) is 57.2 Å². The first-order valence-electron chi connectivity index (χ1n) is 9.53. The van der Waals surface area contributed by atoms with Gasteiger partial charge in [0.25, 0.3) is 0 Å². The molecule has 156 valence electrons. The molecule has 4 nitrogen and oxygen atoms in total. The summed E-state index contributed by atoms with van der Waals surface area (Å²) in [5, 5.41) is 3.80. The van der Waals surface area contributed by atoms with Crippen molar-refractivity contribution in [1.82, 2.24) is 10.2 Å². The average Bonchev–Trinajstić information content (AvgIpc) is 2.69. The molecule has 2 rings (SSSR count). The van der Waals surface area contributed by atoms with Gasteiger partial charge in [-0.3, -0.25) is 9.59 Å². The molecule has 0 aliphatic carbocycles. The molecule has 29 heavy (non-hydrogen) atoms. The van der Waals surface area contributed by atoms with Crippen LogP contribution in [-0.4, -0.2) is 34.6 Å². The third-order valence-electron chi connectivity index (χ3n) is 4.26. The van der Waals surface area contributed by atoms with Gasteiger partial charge < -0.3 is 10.2 Å². The molecule has 1 N–H and O–H groups in total. The highest BCUT2D eigenvalue weighted by Gasteiger charge is 2.29. The Morgan fingerprint density at radius 3 is 2.34 bits per heavy atom. The zero-order chi connectivity index (χ0) is 21.4. The molecule has 0 bridgehead atoms. The van der Waals surface area contributed by atoms with Gasteiger partial charge in [-0.1, -0.05) is 54.4 Å². The summed E-state index contributed by atoms with van der Waals surface area (Å²) in [6.45, 7) is 6.00. The number of carbonyl (C=O) groups is 2. The lowest BCUT2D eigenvalue weighted by Crippen LogP contribution is -2.50. The van der Waals surface area contributed by atoms with E-state index in [4.69, 9.17) is 23.2 Å². The van der Waals surface area contributed by atoms with Crippen LogP contribution < -0.4 is 5.32 Å². The first-order valence-corrected chi connectivity index (χ1v) is 11.3. The van der Waals surface area contributed by atoms with Crippen LogP contribution in [0.2, 0.25) is 10.0 Å². The van der Waals surface area contributed by atoms with Crippen molar-refractivity contribution >= 4 is 46.8 Å². The van der Waals surface area contributed by atoms with Crippen LogP contribution in [0.25, 0.3) is 0 Å². The van der Waals surface area contributed by atoms with E-state index in [0.717, 1.165) is 10.5 Å². The Hall–Kier alpha value is -1.69. The molecule has 0 heterocycles. The summed E-state index contributed by atoms with van der Waals surface area (Å²) < 4.78 is 0. The number of thioether (sulfide) groups is 1. The first-order chi connectivity index (χ1) is 13.8. The lowest BCUT2D eigenvalue weighted by atomic mass is 10.1. The normalized spacial score (nSPS) is 11.9. The van der Waals surface area contributed by atoms with Gasteiger partial charge in [0.15, 0.2) is 0 Å². The topological polar surface area (TPSA) is 49.4 Å². The number of carbonyl (C=O) groups excluding carboxylic acids is 2. The molecule has 0 saturated carbocycles. The van der Waals surface area contributed by atoms with Crippen molar-refractivity contribution in [3.05, 3.63) is 64.1 Å². The second-order valence-electron chi connectivity index (χ2n) is 6.96. The molecule has 0 aromatic heterocycles. The lowest BCUT2D eigenvalue weighted by Gasteiger charge is -2.31. The molecule has 0 aliphatic rings. The minimum absolute atomic E-state index is 0.00262. The molecular weight excluding hydrogens is 427 g/mol. The summed E-state index contributed by atoms with van der Waals surface area (Å²) in [4.78, 5) is 28.5. The number of nitrogens with one attached hydrogen (secondary N) is 1. The van der Waals surface area contributed by atoms with Crippen LogP contribution in [-0.2, 0) is 16.1 Å². The molecule has 0 unspecified atom stereocenters. The number of hydrogen-bond donors (Lipinski definition) is 1. The SMILES string of the molecule is CC[C@@H](C(=O)NC(C)C)N(Cc1ccc(Cl)c(Cl)c1)C(=O)CSc1ccccc1. The Bertz CT molecular complexity index is 831.